The molecule has 1 amide bonds. The first-order chi connectivity index (χ1) is 8.13. The summed E-state index contributed by atoms with van der Waals surface area (Å²) in [6, 6.07) is 6.48. The molecule has 0 radical (unpaired) electrons. The third-order valence-electron chi connectivity index (χ3n) is 2.65. The van der Waals surface area contributed by atoms with Crippen LogP contribution in [-0.2, 0) is 11.2 Å². The van der Waals surface area contributed by atoms with Gasteiger partial charge < -0.3 is 11.1 Å². The first-order valence-corrected chi connectivity index (χ1v) is 5.85. The summed E-state index contributed by atoms with van der Waals surface area (Å²) in [5, 5.41) is 2.74. The summed E-state index contributed by atoms with van der Waals surface area (Å²) in [6.45, 7) is 2.82. The minimum Gasteiger partial charge on any atom is -0.355 e. The summed E-state index contributed by atoms with van der Waals surface area (Å²) in [5.74, 6) is -0.306. The normalized spacial score (nSPS) is 12.2. The summed E-state index contributed by atoms with van der Waals surface area (Å²) in [5.41, 5.74) is 6.22. The van der Waals surface area contributed by atoms with E-state index in [2.05, 4.69) is 5.32 Å². The molecule has 0 aliphatic rings. The summed E-state index contributed by atoms with van der Waals surface area (Å²) in [4.78, 5) is 11.5. The number of aryl methyl sites for hydroxylation is 1. The van der Waals surface area contributed by atoms with E-state index in [4.69, 9.17) is 5.73 Å². The van der Waals surface area contributed by atoms with Gasteiger partial charge in [-0.15, -0.1) is 0 Å². The largest absolute Gasteiger partial charge is 0.355 e. The molecule has 0 saturated heterocycles. The lowest BCUT2D eigenvalue weighted by atomic mass is 10.0. The first-order valence-electron chi connectivity index (χ1n) is 5.85. The maximum absolute atomic E-state index is 12.9. The first kappa shape index (κ1) is 13.6. The fraction of sp³-hybridized carbons (Fsp3) is 0.462. The summed E-state index contributed by atoms with van der Waals surface area (Å²) in [7, 11) is 0. The monoisotopic (exact) mass is 238 g/mol. The van der Waals surface area contributed by atoms with E-state index in [0.717, 1.165) is 5.56 Å². The van der Waals surface area contributed by atoms with Crippen molar-refractivity contribution in [1.29, 1.82) is 0 Å². The number of hydrogen-bond acceptors (Lipinski definition) is 2. The van der Waals surface area contributed by atoms with Gasteiger partial charge in [-0.2, -0.15) is 0 Å². The van der Waals surface area contributed by atoms with Crippen molar-refractivity contribution in [2.75, 3.05) is 13.1 Å². The molecule has 0 spiro atoms. The molecule has 1 aromatic carbocycles. The fourth-order valence-corrected chi connectivity index (χ4v) is 1.58. The minimum absolute atomic E-state index is 0.00635. The number of carbonyl (C=O) groups is 1. The van der Waals surface area contributed by atoms with Crippen molar-refractivity contribution in [2.24, 2.45) is 11.7 Å². The Morgan fingerprint density at radius 1 is 1.53 bits per heavy atom. The molecule has 3 N–H and O–H groups in total. The molecule has 1 rings (SSSR count). The number of hydrogen-bond donors (Lipinski definition) is 2. The van der Waals surface area contributed by atoms with Crippen molar-refractivity contribution in [3.05, 3.63) is 35.6 Å². The predicted molar refractivity (Wildman–Crippen MR) is 65.9 cm³/mol. The lowest BCUT2D eigenvalue weighted by molar-refractivity contribution is -0.124. The summed E-state index contributed by atoms with van der Waals surface area (Å²) < 4.78 is 12.9. The fourth-order valence-electron chi connectivity index (χ4n) is 1.58. The average Bonchev–Trinajstić information content (AvgIpc) is 2.33. The van der Waals surface area contributed by atoms with E-state index < -0.39 is 0 Å². The quantitative estimate of drug-likeness (QED) is 0.788. The van der Waals surface area contributed by atoms with E-state index in [-0.39, 0.29) is 17.6 Å². The van der Waals surface area contributed by atoms with E-state index in [0.29, 0.717) is 25.9 Å². The Morgan fingerprint density at radius 3 is 2.94 bits per heavy atom. The Kier molecular flexibility index (Phi) is 5.63. The molecule has 0 saturated carbocycles. The van der Waals surface area contributed by atoms with Gasteiger partial charge in [-0.1, -0.05) is 19.1 Å². The lowest BCUT2D eigenvalue weighted by Gasteiger charge is -2.11. The van der Waals surface area contributed by atoms with Gasteiger partial charge in [0.05, 0.1) is 0 Å². The zero-order valence-corrected chi connectivity index (χ0v) is 10.1. The standard InChI is InChI=1S/C13H19FN2O/c1-10(13(17)16-8-7-15)5-6-11-3-2-4-12(14)9-11/h2-4,9-10H,5-8,15H2,1H3,(H,16,17). The van der Waals surface area contributed by atoms with Gasteiger partial charge in [0, 0.05) is 19.0 Å². The second kappa shape index (κ2) is 7.01. The van der Waals surface area contributed by atoms with Crippen LogP contribution in [0.2, 0.25) is 0 Å². The Balaban J connectivity index is 2.37. The number of nitrogens with two attached hydrogens (primary N) is 1. The third-order valence-corrected chi connectivity index (χ3v) is 2.65. The Morgan fingerprint density at radius 2 is 2.29 bits per heavy atom. The number of nitrogens with one attached hydrogen (secondary N) is 1. The molecule has 0 fully saturated rings. The number of benzene rings is 1. The van der Waals surface area contributed by atoms with Crippen molar-refractivity contribution in [1.82, 2.24) is 5.32 Å². The van der Waals surface area contributed by atoms with E-state index in [1.165, 1.54) is 12.1 Å². The number of rotatable bonds is 6. The Hall–Kier alpha value is -1.42. The van der Waals surface area contributed by atoms with Crippen molar-refractivity contribution >= 4 is 5.91 Å². The highest BCUT2D eigenvalue weighted by molar-refractivity contribution is 5.78. The van der Waals surface area contributed by atoms with Crippen LogP contribution in [0.3, 0.4) is 0 Å². The van der Waals surface area contributed by atoms with Crippen LogP contribution in [0.15, 0.2) is 24.3 Å². The van der Waals surface area contributed by atoms with Crippen LogP contribution >= 0.6 is 0 Å². The molecular formula is C13H19FN2O. The van der Waals surface area contributed by atoms with Gasteiger partial charge in [0.15, 0.2) is 0 Å². The SMILES string of the molecule is CC(CCc1cccc(F)c1)C(=O)NCCN. The highest BCUT2D eigenvalue weighted by atomic mass is 19.1. The maximum atomic E-state index is 12.9. The van der Waals surface area contributed by atoms with Gasteiger partial charge in [0.1, 0.15) is 5.82 Å². The highest BCUT2D eigenvalue weighted by Crippen LogP contribution is 2.11. The molecule has 0 heterocycles. The van der Waals surface area contributed by atoms with Crippen molar-refractivity contribution in [3.63, 3.8) is 0 Å². The molecular weight excluding hydrogens is 219 g/mol. The van der Waals surface area contributed by atoms with Crippen LogP contribution in [0.25, 0.3) is 0 Å². The third kappa shape index (κ3) is 4.95. The van der Waals surface area contributed by atoms with Gasteiger partial charge in [-0.3, -0.25) is 4.79 Å². The highest BCUT2D eigenvalue weighted by Gasteiger charge is 2.11. The lowest BCUT2D eigenvalue weighted by Crippen LogP contribution is -2.33. The smallest absolute Gasteiger partial charge is 0.222 e. The Bertz CT molecular complexity index is 368. The molecule has 0 aliphatic carbocycles. The second-order valence-electron chi connectivity index (χ2n) is 4.15. The molecule has 1 atom stereocenters. The number of halogens is 1. The Labute approximate surface area is 101 Å². The summed E-state index contributed by atoms with van der Waals surface area (Å²) in [6.07, 6.45) is 1.41. The van der Waals surface area contributed by atoms with Crippen LogP contribution in [0.1, 0.15) is 18.9 Å². The number of amides is 1. The second-order valence-corrected chi connectivity index (χ2v) is 4.15. The van der Waals surface area contributed by atoms with Crippen molar-refractivity contribution in [2.45, 2.75) is 19.8 Å². The van der Waals surface area contributed by atoms with E-state index in [1.54, 1.807) is 6.07 Å². The zero-order chi connectivity index (χ0) is 12.7. The predicted octanol–water partition coefficient (Wildman–Crippen LogP) is 1.47. The van der Waals surface area contributed by atoms with E-state index >= 15 is 0 Å². The maximum Gasteiger partial charge on any atom is 0.222 e. The van der Waals surface area contributed by atoms with Crippen molar-refractivity contribution in [3.8, 4) is 0 Å². The van der Waals surface area contributed by atoms with Crippen LogP contribution in [0, 0.1) is 11.7 Å². The topological polar surface area (TPSA) is 55.1 Å². The van der Waals surface area contributed by atoms with Gasteiger partial charge in [0.2, 0.25) is 5.91 Å². The van der Waals surface area contributed by atoms with Gasteiger partial charge in [0.25, 0.3) is 0 Å². The molecule has 0 bridgehead atoms. The van der Waals surface area contributed by atoms with Crippen molar-refractivity contribution < 1.29 is 9.18 Å². The average molecular weight is 238 g/mol. The zero-order valence-electron chi connectivity index (χ0n) is 10.1. The molecule has 4 heteroatoms. The minimum atomic E-state index is -0.234. The molecule has 0 aromatic heterocycles. The molecule has 0 aliphatic heterocycles. The number of carbonyl (C=O) groups excluding carboxylic acids is 1. The van der Waals surface area contributed by atoms with Crippen LogP contribution in [0.4, 0.5) is 4.39 Å². The molecule has 1 aromatic rings. The van der Waals surface area contributed by atoms with Crippen LogP contribution in [0.5, 0.6) is 0 Å². The van der Waals surface area contributed by atoms with Crippen LogP contribution < -0.4 is 11.1 Å². The van der Waals surface area contributed by atoms with Gasteiger partial charge in [-0.25, -0.2) is 4.39 Å². The van der Waals surface area contributed by atoms with Crippen LogP contribution in [-0.4, -0.2) is 19.0 Å². The molecule has 1 unspecified atom stereocenters. The van der Waals surface area contributed by atoms with Gasteiger partial charge >= 0.3 is 0 Å². The van der Waals surface area contributed by atoms with Gasteiger partial charge in [-0.05, 0) is 30.5 Å². The van der Waals surface area contributed by atoms with E-state index in [9.17, 15) is 9.18 Å². The van der Waals surface area contributed by atoms with E-state index in [1.807, 2.05) is 13.0 Å². The molecule has 3 nitrogen and oxygen atoms in total. The molecule has 17 heavy (non-hydrogen) atoms. The molecule has 94 valence electrons. The summed E-state index contributed by atoms with van der Waals surface area (Å²) >= 11 is 0.